The van der Waals surface area contributed by atoms with Crippen molar-refractivity contribution >= 4 is 0 Å². The average Bonchev–Trinajstić information content (AvgIpc) is 2.24. The Morgan fingerprint density at radius 3 is 2.40 bits per heavy atom. The molecule has 0 N–H and O–H groups in total. The minimum atomic E-state index is 0.294. The predicted octanol–water partition coefficient (Wildman–Crippen LogP) is 2.67. The van der Waals surface area contributed by atoms with Gasteiger partial charge in [0.1, 0.15) is 0 Å². The van der Waals surface area contributed by atoms with E-state index in [1.807, 2.05) is 19.9 Å². The van der Waals surface area contributed by atoms with E-state index in [9.17, 15) is 0 Å². The molecule has 0 bridgehead atoms. The smallest absolute Gasteiger partial charge is 0.0703 e. The van der Waals surface area contributed by atoms with Crippen LogP contribution in [-0.4, -0.2) is 25.9 Å². The maximum Gasteiger partial charge on any atom is 0.0703 e. The second-order valence-electron chi connectivity index (χ2n) is 3.77. The van der Waals surface area contributed by atoms with Crippen molar-refractivity contribution in [3.63, 3.8) is 0 Å². The van der Waals surface area contributed by atoms with Crippen molar-refractivity contribution < 1.29 is 9.47 Å². The fourth-order valence-electron chi connectivity index (χ4n) is 1.28. The third-order valence-electron chi connectivity index (χ3n) is 2.06. The van der Waals surface area contributed by atoms with Crippen molar-refractivity contribution in [2.75, 3.05) is 19.8 Å². The van der Waals surface area contributed by atoms with Crippen LogP contribution in [0.25, 0.3) is 0 Å². The number of ether oxygens (including phenoxy) is 2. The second kappa shape index (κ2) is 7.43. The van der Waals surface area contributed by atoms with Gasteiger partial charge in [-0.05, 0) is 25.8 Å². The normalized spacial score (nSPS) is 10.9. The Hall–Kier alpha value is -0.860. The van der Waals surface area contributed by atoms with E-state index in [1.165, 1.54) is 5.56 Å². The van der Waals surface area contributed by atoms with E-state index in [1.54, 1.807) is 0 Å². The fourth-order valence-corrected chi connectivity index (χ4v) is 1.28. The molecule has 0 aliphatic carbocycles. The van der Waals surface area contributed by atoms with Gasteiger partial charge in [-0.25, -0.2) is 0 Å². The van der Waals surface area contributed by atoms with E-state index < -0.39 is 0 Å². The molecule has 2 nitrogen and oxygen atoms in total. The summed E-state index contributed by atoms with van der Waals surface area (Å²) in [5, 5.41) is 0. The van der Waals surface area contributed by atoms with E-state index in [-0.39, 0.29) is 0 Å². The van der Waals surface area contributed by atoms with Crippen LogP contribution >= 0.6 is 0 Å². The molecular formula is C13H20O2. The molecular weight excluding hydrogens is 188 g/mol. The van der Waals surface area contributed by atoms with E-state index >= 15 is 0 Å². The van der Waals surface area contributed by atoms with Crippen LogP contribution < -0.4 is 0 Å². The molecule has 0 fully saturated rings. The van der Waals surface area contributed by atoms with Crippen molar-refractivity contribution in [2.45, 2.75) is 26.4 Å². The van der Waals surface area contributed by atoms with Gasteiger partial charge < -0.3 is 9.47 Å². The standard InChI is InChI=1S/C13H20O2/c1-12(2)15-11-10-14-9-8-13-6-4-3-5-7-13/h3-7,12H,8-11H2,1-2H3. The highest BCUT2D eigenvalue weighted by Crippen LogP contribution is 1.99. The highest BCUT2D eigenvalue weighted by molar-refractivity contribution is 5.14. The first-order valence-corrected chi connectivity index (χ1v) is 5.52. The summed E-state index contributed by atoms with van der Waals surface area (Å²) >= 11 is 0. The van der Waals surface area contributed by atoms with Gasteiger partial charge in [0.15, 0.2) is 0 Å². The zero-order valence-electron chi connectivity index (χ0n) is 9.61. The molecule has 0 aliphatic rings. The quantitative estimate of drug-likeness (QED) is 0.641. The molecule has 0 heterocycles. The van der Waals surface area contributed by atoms with Crippen LogP contribution in [0.5, 0.6) is 0 Å². The van der Waals surface area contributed by atoms with Gasteiger partial charge in [-0.1, -0.05) is 30.3 Å². The first-order chi connectivity index (χ1) is 7.29. The Morgan fingerprint density at radius 2 is 1.73 bits per heavy atom. The highest BCUT2D eigenvalue weighted by Gasteiger charge is 1.94. The zero-order valence-corrected chi connectivity index (χ0v) is 9.61. The Balaban J connectivity index is 1.98. The maximum atomic E-state index is 5.46. The van der Waals surface area contributed by atoms with E-state index in [0.29, 0.717) is 19.3 Å². The lowest BCUT2D eigenvalue weighted by Gasteiger charge is -2.07. The molecule has 0 spiro atoms. The topological polar surface area (TPSA) is 18.5 Å². The number of hydrogen-bond donors (Lipinski definition) is 0. The first-order valence-electron chi connectivity index (χ1n) is 5.52. The summed E-state index contributed by atoms with van der Waals surface area (Å²) in [7, 11) is 0. The molecule has 0 aliphatic heterocycles. The van der Waals surface area contributed by atoms with Gasteiger partial charge in [-0.15, -0.1) is 0 Å². The fraction of sp³-hybridized carbons (Fsp3) is 0.538. The molecule has 0 unspecified atom stereocenters. The Morgan fingerprint density at radius 1 is 1.00 bits per heavy atom. The van der Waals surface area contributed by atoms with Gasteiger partial charge in [0.05, 0.1) is 25.9 Å². The number of rotatable bonds is 7. The summed E-state index contributed by atoms with van der Waals surface area (Å²) in [5.41, 5.74) is 1.32. The van der Waals surface area contributed by atoms with Crippen molar-refractivity contribution in [3.05, 3.63) is 35.9 Å². The number of hydrogen-bond acceptors (Lipinski definition) is 2. The maximum absolute atomic E-state index is 5.46. The summed E-state index contributed by atoms with van der Waals surface area (Å²) < 4.78 is 10.8. The molecule has 0 aromatic heterocycles. The zero-order chi connectivity index (χ0) is 10.9. The van der Waals surface area contributed by atoms with Gasteiger partial charge in [-0.3, -0.25) is 0 Å². The molecule has 84 valence electrons. The van der Waals surface area contributed by atoms with E-state index in [4.69, 9.17) is 9.47 Å². The van der Waals surface area contributed by atoms with Gasteiger partial charge in [0.2, 0.25) is 0 Å². The Kier molecular flexibility index (Phi) is 6.05. The lowest BCUT2D eigenvalue weighted by molar-refractivity contribution is 0.0204. The molecule has 0 saturated heterocycles. The van der Waals surface area contributed by atoms with Gasteiger partial charge >= 0.3 is 0 Å². The monoisotopic (exact) mass is 208 g/mol. The third kappa shape index (κ3) is 6.26. The first kappa shape index (κ1) is 12.2. The van der Waals surface area contributed by atoms with E-state index in [0.717, 1.165) is 13.0 Å². The van der Waals surface area contributed by atoms with Crippen molar-refractivity contribution in [2.24, 2.45) is 0 Å². The summed E-state index contributed by atoms with van der Waals surface area (Å²) in [6.45, 7) is 6.21. The average molecular weight is 208 g/mol. The minimum absolute atomic E-state index is 0.294. The minimum Gasteiger partial charge on any atom is -0.379 e. The molecule has 1 rings (SSSR count). The van der Waals surface area contributed by atoms with Crippen molar-refractivity contribution in [1.82, 2.24) is 0 Å². The van der Waals surface area contributed by atoms with Gasteiger partial charge in [-0.2, -0.15) is 0 Å². The molecule has 1 aromatic rings. The SMILES string of the molecule is CC(C)OCCOCCc1ccccc1. The van der Waals surface area contributed by atoms with E-state index in [2.05, 4.69) is 24.3 Å². The Labute approximate surface area is 92.2 Å². The molecule has 2 heteroatoms. The Bertz CT molecular complexity index is 244. The second-order valence-corrected chi connectivity index (χ2v) is 3.77. The summed E-state index contributed by atoms with van der Waals surface area (Å²) in [6, 6.07) is 10.4. The lowest BCUT2D eigenvalue weighted by atomic mass is 10.2. The van der Waals surface area contributed by atoms with Crippen molar-refractivity contribution in [1.29, 1.82) is 0 Å². The highest BCUT2D eigenvalue weighted by atomic mass is 16.5. The third-order valence-corrected chi connectivity index (χ3v) is 2.06. The predicted molar refractivity (Wildman–Crippen MR) is 62.1 cm³/mol. The van der Waals surface area contributed by atoms with Crippen molar-refractivity contribution in [3.8, 4) is 0 Å². The summed E-state index contributed by atoms with van der Waals surface area (Å²) in [4.78, 5) is 0. The molecule has 0 atom stereocenters. The molecule has 0 amide bonds. The van der Waals surface area contributed by atoms with Gasteiger partial charge in [0, 0.05) is 0 Å². The van der Waals surface area contributed by atoms with Gasteiger partial charge in [0.25, 0.3) is 0 Å². The summed E-state index contributed by atoms with van der Waals surface area (Å²) in [6.07, 6.45) is 1.27. The largest absolute Gasteiger partial charge is 0.379 e. The number of benzene rings is 1. The van der Waals surface area contributed by atoms with Crippen LogP contribution in [-0.2, 0) is 15.9 Å². The van der Waals surface area contributed by atoms with Crippen LogP contribution in [0.15, 0.2) is 30.3 Å². The molecule has 0 saturated carbocycles. The molecule has 0 radical (unpaired) electrons. The van der Waals surface area contributed by atoms with Crippen LogP contribution in [0.1, 0.15) is 19.4 Å². The van der Waals surface area contributed by atoms with Crippen LogP contribution in [0.4, 0.5) is 0 Å². The van der Waals surface area contributed by atoms with Crippen LogP contribution in [0.2, 0.25) is 0 Å². The molecule has 15 heavy (non-hydrogen) atoms. The molecule has 1 aromatic carbocycles. The lowest BCUT2D eigenvalue weighted by Crippen LogP contribution is -2.10. The van der Waals surface area contributed by atoms with Crippen LogP contribution in [0, 0.1) is 0 Å². The summed E-state index contributed by atoms with van der Waals surface area (Å²) in [5.74, 6) is 0. The van der Waals surface area contributed by atoms with Crippen LogP contribution in [0.3, 0.4) is 0 Å².